The second-order valence-electron chi connectivity index (χ2n) is 10.2. The van der Waals surface area contributed by atoms with Gasteiger partial charge in [-0.15, -0.1) is 0 Å². The maximum atomic E-state index is 5.96. The topological polar surface area (TPSA) is 87.9 Å². The Labute approximate surface area is 260 Å². The molecule has 0 saturated heterocycles. The molecule has 0 saturated carbocycles. The van der Waals surface area contributed by atoms with Crippen LogP contribution in [0.1, 0.15) is 16.8 Å². The Hall–Kier alpha value is -4.25. The summed E-state index contributed by atoms with van der Waals surface area (Å²) in [5, 5.41) is 0. The maximum absolute atomic E-state index is 5.96. The summed E-state index contributed by atoms with van der Waals surface area (Å²) >= 11 is 0. The van der Waals surface area contributed by atoms with E-state index in [0.717, 1.165) is 34.1 Å². The average Bonchev–Trinajstić information content (AvgIpc) is 3.50. The Kier molecular flexibility index (Phi) is 13.2. The zero-order valence-electron chi connectivity index (χ0n) is 26.1. The number of hydrogen-bond donors (Lipinski definition) is 0. The lowest BCUT2D eigenvalue weighted by molar-refractivity contribution is 0.0869. The molecule has 10 heteroatoms. The number of oxazole rings is 1. The highest BCUT2D eigenvalue weighted by molar-refractivity contribution is 5.49. The van der Waals surface area contributed by atoms with Crippen molar-refractivity contribution in [3.63, 3.8) is 0 Å². The number of hydrogen-bond acceptors (Lipinski definition) is 10. The molecule has 1 aromatic heterocycles. The SMILES string of the molecule is COCCOc1cccc(CN(Cc2cccc(OCCOC)c2)c2nc(COCCOc3cccc(N(C)C)c3)co2)c1. The van der Waals surface area contributed by atoms with Gasteiger partial charge in [-0.3, -0.25) is 0 Å². The van der Waals surface area contributed by atoms with E-state index in [1.165, 1.54) is 0 Å². The monoisotopic (exact) mass is 605 g/mol. The fourth-order valence-corrected chi connectivity index (χ4v) is 4.34. The third kappa shape index (κ3) is 10.8. The summed E-state index contributed by atoms with van der Waals surface area (Å²) in [5.41, 5.74) is 3.89. The van der Waals surface area contributed by atoms with Gasteiger partial charge in [-0.1, -0.05) is 30.3 Å². The molecule has 4 rings (SSSR count). The van der Waals surface area contributed by atoms with Gasteiger partial charge in [-0.25, -0.2) is 0 Å². The van der Waals surface area contributed by atoms with Crippen LogP contribution in [0.4, 0.5) is 11.7 Å². The van der Waals surface area contributed by atoms with Crippen molar-refractivity contribution < 1.29 is 32.8 Å². The highest BCUT2D eigenvalue weighted by Gasteiger charge is 2.16. The molecule has 0 bridgehead atoms. The van der Waals surface area contributed by atoms with E-state index in [-0.39, 0.29) is 0 Å². The molecule has 1 heterocycles. The van der Waals surface area contributed by atoms with Crippen molar-refractivity contribution in [3.05, 3.63) is 95.9 Å². The van der Waals surface area contributed by atoms with Crippen molar-refractivity contribution in [2.45, 2.75) is 19.7 Å². The number of nitrogens with zero attached hydrogens (tertiary/aromatic N) is 3. The van der Waals surface area contributed by atoms with Crippen molar-refractivity contribution >= 4 is 11.7 Å². The molecule has 0 N–H and O–H groups in total. The second-order valence-corrected chi connectivity index (χ2v) is 10.2. The molecule has 0 atom stereocenters. The van der Waals surface area contributed by atoms with E-state index in [1.807, 2.05) is 79.7 Å². The zero-order chi connectivity index (χ0) is 31.0. The van der Waals surface area contributed by atoms with E-state index in [1.54, 1.807) is 20.5 Å². The first-order valence-electron chi connectivity index (χ1n) is 14.6. The van der Waals surface area contributed by atoms with Crippen LogP contribution < -0.4 is 24.0 Å². The molecule has 4 aromatic rings. The van der Waals surface area contributed by atoms with E-state index in [4.69, 9.17) is 37.8 Å². The van der Waals surface area contributed by atoms with Crippen LogP contribution in [0.2, 0.25) is 0 Å². The number of rotatable bonds is 20. The molecule has 236 valence electrons. The quantitative estimate of drug-likeness (QED) is 0.119. The average molecular weight is 606 g/mol. The fraction of sp³-hybridized carbons (Fsp3) is 0.382. The summed E-state index contributed by atoms with van der Waals surface area (Å²) in [7, 11) is 7.32. The molecule has 3 aromatic carbocycles. The standard InChI is InChI=1S/C34H43N3O7/c1-36(2)30-10-7-13-33(22-30)43-19-16-40-25-29-26-44-34(35-29)37(23-27-8-5-11-31(20-27)41-17-14-38-3)24-28-9-6-12-32(21-28)42-18-15-39-4/h5-13,20-22,26H,14-19,23-25H2,1-4H3. The maximum Gasteiger partial charge on any atom is 0.298 e. The number of anilines is 2. The largest absolute Gasteiger partial charge is 0.491 e. The Balaban J connectivity index is 1.39. The molecule has 0 aliphatic heterocycles. The van der Waals surface area contributed by atoms with E-state index in [0.29, 0.717) is 71.0 Å². The van der Waals surface area contributed by atoms with Crippen LogP contribution in [0.15, 0.2) is 83.5 Å². The van der Waals surface area contributed by atoms with E-state index < -0.39 is 0 Å². The minimum atomic E-state index is 0.310. The number of benzene rings is 3. The summed E-state index contributed by atoms with van der Waals surface area (Å²) in [4.78, 5) is 8.86. The summed E-state index contributed by atoms with van der Waals surface area (Å²) in [6, 6.07) is 24.4. The molecule has 0 amide bonds. The lowest BCUT2D eigenvalue weighted by Gasteiger charge is -2.21. The molecular formula is C34H43N3O7. The minimum absolute atomic E-state index is 0.310. The Morgan fingerprint density at radius 1 is 0.659 bits per heavy atom. The number of methoxy groups -OCH3 is 2. The zero-order valence-corrected chi connectivity index (χ0v) is 26.1. The first-order chi connectivity index (χ1) is 21.5. The van der Waals surface area contributed by atoms with Gasteiger partial charge in [0.1, 0.15) is 49.0 Å². The molecule has 0 spiro atoms. The predicted octanol–water partition coefficient (Wildman–Crippen LogP) is 5.59. The van der Waals surface area contributed by atoms with Crippen LogP contribution in [0.3, 0.4) is 0 Å². The normalized spacial score (nSPS) is 10.9. The van der Waals surface area contributed by atoms with Crippen LogP contribution in [-0.4, -0.2) is 72.9 Å². The molecule has 0 unspecified atom stereocenters. The van der Waals surface area contributed by atoms with Crippen LogP contribution >= 0.6 is 0 Å². The molecule has 0 aliphatic carbocycles. The van der Waals surface area contributed by atoms with Gasteiger partial charge in [0.15, 0.2) is 0 Å². The second kappa shape index (κ2) is 17.8. The van der Waals surface area contributed by atoms with Gasteiger partial charge in [0.2, 0.25) is 0 Å². The lowest BCUT2D eigenvalue weighted by Crippen LogP contribution is -2.22. The molecule has 0 fully saturated rings. The summed E-state index contributed by atoms with van der Waals surface area (Å²) in [5.74, 6) is 2.37. The summed E-state index contributed by atoms with van der Waals surface area (Å²) in [6.07, 6.45) is 1.64. The van der Waals surface area contributed by atoms with Crippen molar-refractivity contribution in [2.24, 2.45) is 0 Å². The number of ether oxygens (including phenoxy) is 6. The Morgan fingerprint density at radius 3 is 1.77 bits per heavy atom. The van der Waals surface area contributed by atoms with Gasteiger partial charge in [0.25, 0.3) is 6.01 Å². The van der Waals surface area contributed by atoms with Crippen molar-refractivity contribution in [1.82, 2.24) is 4.98 Å². The Morgan fingerprint density at radius 2 is 1.20 bits per heavy atom. The third-order valence-corrected chi connectivity index (χ3v) is 6.55. The molecule has 0 radical (unpaired) electrons. The smallest absolute Gasteiger partial charge is 0.298 e. The Bertz CT molecular complexity index is 1340. The van der Waals surface area contributed by atoms with Crippen LogP contribution in [0.25, 0.3) is 0 Å². The van der Waals surface area contributed by atoms with Crippen LogP contribution in [0.5, 0.6) is 17.2 Å². The predicted molar refractivity (Wildman–Crippen MR) is 170 cm³/mol. The van der Waals surface area contributed by atoms with E-state index in [2.05, 4.69) is 17.0 Å². The fourth-order valence-electron chi connectivity index (χ4n) is 4.34. The molecular weight excluding hydrogens is 562 g/mol. The number of aromatic nitrogens is 1. The molecule has 44 heavy (non-hydrogen) atoms. The van der Waals surface area contributed by atoms with Crippen molar-refractivity contribution in [1.29, 1.82) is 0 Å². The van der Waals surface area contributed by atoms with Gasteiger partial charge in [-0.05, 0) is 47.5 Å². The van der Waals surface area contributed by atoms with Gasteiger partial charge >= 0.3 is 0 Å². The van der Waals surface area contributed by atoms with Crippen molar-refractivity contribution in [2.75, 3.05) is 77.8 Å². The van der Waals surface area contributed by atoms with Gasteiger partial charge in [-0.2, -0.15) is 4.98 Å². The van der Waals surface area contributed by atoms with Crippen LogP contribution in [0, 0.1) is 0 Å². The highest BCUT2D eigenvalue weighted by atomic mass is 16.5. The van der Waals surface area contributed by atoms with Gasteiger partial charge < -0.3 is 42.6 Å². The highest BCUT2D eigenvalue weighted by Crippen LogP contribution is 2.24. The van der Waals surface area contributed by atoms with Crippen molar-refractivity contribution in [3.8, 4) is 17.2 Å². The first-order valence-corrected chi connectivity index (χ1v) is 14.6. The summed E-state index contributed by atoms with van der Waals surface area (Å²) < 4.78 is 39.5. The molecule has 10 nitrogen and oxygen atoms in total. The van der Waals surface area contributed by atoms with Gasteiger partial charge in [0, 0.05) is 53.2 Å². The van der Waals surface area contributed by atoms with Crippen LogP contribution in [-0.2, 0) is 33.9 Å². The third-order valence-electron chi connectivity index (χ3n) is 6.55. The van der Waals surface area contributed by atoms with E-state index in [9.17, 15) is 0 Å². The minimum Gasteiger partial charge on any atom is -0.491 e. The van der Waals surface area contributed by atoms with Gasteiger partial charge in [0.05, 0.1) is 26.4 Å². The van der Waals surface area contributed by atoms with E-state index >= 15 is 0 Å². The first kappa shape index (κ1) is 32.7. The lowest BCUT2D eigenvalue weighted by atomic mass is 10.1. The molecule has 0 aliphatic rings. The summed E-state index contributed by atoms with van der Waals surface area (Å²) in [6.45, 7) is 4.28.